The van der Waals surface area contributed by atoms with E-state index in [9.17, 15) is 4.79 Å². The second kappa shape index (κ2) is 6.36. The van der Waals surface area contributed by atoms with E-state index < -0.39 is 0 Å². The van der Waals surface area contributed by atoms with Crippen LogP contribution in [0.25, 0.3) is 0 Å². The van der Waals surface area contributed by atoms with Gasteiger partial charge in [0.2, 0.25) is 5.91 Å². The van der Waals surface area contributed by atoms with Gasteiger partial charge in [-0.05, 0) is 53.0 Å². The number of hydrogen-bond acceptors (Lipinski definition) is 3. The third-order valence-electron chi connectivity index (χ3n) is 3.07. The molecule has 1 fully saturated rings. The predicted molar refractivity (Wildman–Crippen MR) is 68.7 cm³/mol. The van der Waals surface area contributed by atoms with Crippen LogP contribution in [-0.4, -0.2) is 42.1 Å². The van der Waals surface area contributed by atoms with Gasteiger partial charge in [0.05, 0.1) is 5.60 Å². The van der Waals surface area contributed by atoms with Crippen molar-refractivity contribution >= 4 is 5.91 Å². The van der Waals surface area contributed by atoms with E-state index in [-0.39, 0.29) is 18.1 Å². The molecule has 0 unspecified atom stereocenters. The molecule has 1 saturated carbocycles. The quantitative estimate of drug-likeness (QED) is 0.768. The van der Waals surface area contributed by atoms with E-state index in [0.29, 0.717) is 12.6 Å². The summed E-state index contributed by atoms with van der Waals surface area (Å²) in [6, 6.07) is 0.428. The molecule has 0 atom stereocenters. The fourth-order valence-corrected chi connectivity index (χ4v) is 1.83. The molecule has 1 amide bonds. The second-order valence-electron chi connectivity index (χ2n) is 5.72. The molecule has 4 nitrogen and oxygen atoms in total. The molecule has 4 heteroatoms. The molecule has 0 radical (unpaired) electrons. The average Bonchev–Trinajstić information content (AvgIpc) is 2.16. The number of carbonyl (C=O) groups excluding carboxylic acids is 1. The zero-order valence-electron chi connectivity index (χ0n) is 11.4. The maximum absolute atomic E-state index is 12.1. The van der Waals surface area contributed by atoms with Crippen molar-refractivity contribution in [1.82, 2.24) is 4.90 Å². The van der Waals surface area contributed by atoms with Gasteiger partial charge in [-0.1, -0.05) is 0 Å². The van der Waals surface area contributed by atoms with Gasteiger partial charge in [-0.2, -0.15) is 0 Å². The van der Waals surface area contributed by atoms with Crippen LogP contribution in [0.15, 0.2) is 0 Å². The molecule has 0 aromatic heterocycles. The summed E-state index contributed by atoms with van der Waals surface area (Å²) < 4.78 is 5.55. The molecular formula is C13H26N2O2. The molecule has 0 heterocycles. The fourth-order valence-electron chi connectivity index (χ4n) is 1.83. The van der Waals surface area contributed by atoms with Crippen molar-refractivity contribution in [3.63, 3.8) is 0 Å². The number of nitrogens with zero attached hydrogens (tertiary/aromatic N) is 1. The Bertz CT molecular complexity index is 244. The molecule has 100 valence electrons. The second-order valence-corrected chi connectivity index (χ2v) is 5.72. The van der Waals surface area contributed by atoms with Crippen LogP contribution in [0.1, 0.15) is 46.5 Å². The molecule has 1 rings (SSSR count). The van der Waals surface area contributed by atoms with E-state index in [0.717, 1.165) is 25.8 Å². The molecule has 1 aliphatic carbocycles. The van der Waals surface area contributed by atoms with Crippen molar-refractivity contribution in [3.8, 4) is 0 Å². The fraction of sp³-hybridized carbons (Fsp3) is 0.923. The zero-order chi connectivity index (χ0) is 12.9. The molecule has 0 aromatic rings. The van der Waals surface area contributed by atoms with Crippen molar-refractivity contribution in [3.05, 3.63) is 0 Å². The molecular weight excluding hydrogens is 216 g/mol. The summed E-state index contributed by atoms with van der Waals surface area (Å²) >= 11 is 0. The minimum absolute atomic E-state index is 0.109. The zero-order valence-corrected chi connectivity index (χ0v) is 11.4. The van der Waals surface area contributed by atoms with E-state index in [2.05, 4.69) is 0 Å². The molecule has 0 saturated heterocycles. The maximum atomic E-state index is 12.1. The minimum Gasteiger partial charge on any atom is -0.366 e. The predicted octanol–water partition coefficient (Wildman–Crippen LogP) is 1.53. The number of nitrogens with two attached hydrogens (primary N) is 1. The van der Waals surface area contributed by atoms with Gasteiger partial charge in [0.15, 0.2) is 0 Å². The van der Waals surface area contributed by atoms with E-state index in [1.165, 1.54) is 6.42 Å². The lowest BCUT2D eigenvalue weighted by Crippen LogP contribution is -2.47. The molecule has 1 aliphatic rings. The van der Waals surface area contributed by atoms with Gasteiger partial charge in [-0.25, -0.2) is 0 Å². The van der Waals surface area contributed by atoms with Crippen LogP contribution in [0.4, 0.5) is 0 Å². The Kier molecular flexibility index (Phi) is 5.40. The highest BCUT2D eigenvalue weighted by Gasteiger charge is 2.28. The van der Waals surface area contributed by atoms with E-state index in [1.807, 2.05) is 25.7 Å². The summed E-state index contributed by atoms with van der Waals surface area (Å²) in [6.07, 6.45) is 4.37. The summed E-state index contributed by atoms with van der Waals surface area (Å²) in [5, 5.41) is 0. The van der Waals surface area contributed by atoms with Gasteiger partial charge in [0.1, 0.15) is 6.61 Å². The van der Waals surface area contributed by atoms with Crippen molar-refractivity contribution in [2.45, 2.75) is 58.1 Å². The molecule has 2 N–H and O–H groups in total. The van der Waals surface area contributed by atoms with Crippen LogP contribution in [0, 0.1) is 0 Å². The molecule has 17 heavy (non-hydrogen) atoms. The van der Waals surface area contributed by atoms with E-state index in [1.54, 1.807) is 0 Å². The third kappa shape index (κ3) is 5.04. The lowest BCUT2D eigenvalue weighted by molar-refractivity contribution is -0.145. The Labute approximate surface area is 104 Å². The van der Waals surface area contributed by atoms with Crippen LogP contribution in [0.3, 0.4) is 0 Å². The standard InChI is InChI=1S/C13H26N2O2/c1-13(2,3)17-10-12(16)15(9-5-8-14)11-6-4-7-11/h11H,4-10,14H2,1-3H3. The lowest BCUT2D eigenvalue weighted by atomic mass is 9.91. The maximum Gasteiger partial charge on any atom is 0.248 e. The summed E-state index contributed by atoms with van der Waals surface area (Å²) in [5.41, 5.74) is 5.26. The molecule has 0 spiro atoms. The van der Waals surface area contributed by atoms with E-state index >= 15 is 0 Å². The van der Waals surface area contributed by atoms with E-state index in [4.69, 9.17) is 10.5 Å². The normalized spacial score (nSPS) is 16.7. The van der Waals surface area contributed by atoms with Gasteiger partial charge in [0, 0.05) is 12.6 Å². The van der Waals surface area contributed by atoms with Crippen molar-refractivity contribution in [2.24, 2.45) is 5.73 Å². The Morgan fingerprint density at radius 2 is 2.06 bits per heavy atom. The first-order valence-corrected chi connectivity index (χ1v) is 6.57. The van der Waals surface area contributed by atoms with Gasteiger partial charge < -0.3 is 15.4 Å². The van der Waals surface area contributed by atoms with Crippen LogP contribution < -0.4 is 5.73 Å². The topological polar surface area (TPSA) is 55.6 Å². The molecule has 0 aromatic carbocycles. The van der Waals surface area contributed by atoms with Crippen LogP contribution in [0.2, 0.25) is 0 Å². The Morgan fingerprint density at radius 3 is 2.47 bits per heavy atom. The molecule has 0 bridgehead atoms. The van der Waals surface area contributed by atoms with Gasteiger partial charge in [-0.15, -0.1) is 0 Å². The SMILES string of the molecule is CC(C)(C)OCC(=O)N(CCCN)C1CCC1. The third-order valence-corrected chi connectivity index (χ3v) is 3.07. The van der Waals surface area contributed by atoms with Crippen LogP contribution in [-0.2, 0) is 9.53 Å². The molecule has 0 aliphatic heterocycles. The number of hydrogen-bond donors (Lipinski definition) is 1. The van der Waals surface area contributed by atoms with Crippen molar-refractivity contribution in [1.29, 1.82) is 0 Å². The Hall–Kier alpha value is -0.610. The summed E-state index contributed by atoms with van der Waals surface area (Å²) in [7, 11) is 0. The minimum atomic E-state index is -0.255. The smallest absolute Gasteiger partial charge is 0.248 e. The Morgan fingerprint density at radius 1 is 1.41 bits per heavy atom. The van der Waals surface area contributed by atoms with Crippen molar-refractivity contribution < 1.29 is 9.53 Å². The summed E-state index contributed by atoms with van der Waals surface area (Å²) in [5.74, 6) is 0.109. The highest BCUT2D eigenvalue weighted by atomic mass is 16.5. The summed E-state index contributed by atoms with van der Waals surface area (Å²) in [4.78, 5) is 14.1. The first-order valence-electron chi connectivity index (χ1n) is 6.57. The van der Waals surface area contributed by atoms with Gasteiger partial charge in [0.25, 0.3) is 0 Å². The Balaban J connectivity index is 2.41. The number of rotatable bonds is 6. The number of amides is 1. The van der Waals surface area contributed by atoms with Gasteiger partial charge in [-0.3, -0.25) is 4.79 Å². The number of carbonyl (C=O) groups is 1. The first kappa shape index (κ1) is 14.5. The monoisotopic (exact) mass is 242 g/mol. The average molecular weight is 242 g/mol. The van der Waals surface area contributed by atoms with Crippen molar-refractivity contribution in [2.75, 3.05) is 19.7 Å². The number of ether oxygens (including phenoxy) is 1. The highest BCUT2D eigenvalue weighted by Crippen LogP contribution is 2.25. The largest absolute Gasteiger partial charge is 0.366 e. The summed E-state index contributed by atoms with van der Waals surface area (Å²) in [6.45, 7) is 7.49. The van der Waals surface area contributed by atoms with Crippen LogP contribution in [0.5, 0.6) is 0 Å². The highest BCUT2D eigenvalue weighted by molar-refractivity contribution is 5.78. The first-order chi connectivity index (χ1) is 7.94. The lowest BCUT2D eigenvalue weighted by Gasteiger charge is -2.38. The van der Waals surface area contributed by atoms with Gasteiger partial charge >= 0.3 is 0 Å². The van der Waals surface area contributed by atoms with Crippen LogP contribution >= 0.6 is 0 Å².